The molecule has 0 saturated carbocycles. The van der Waals surface area contributed by atoms with Gasteiger partial charge in [0.25, 0.3) is 0 Å². The smallest absolute Gasteiger partial charge is 0.144 e. The normalized spacial score (nSPS) is 11.2. The summed E-state index contributed by atoms with van der Waals surface area (Å²) in [5.41, 5.74) is 3.11. The summed E-state index contributed by atoms with van der Waals surface area (Å²) in [6, 6.07) is 10.0. The standard InChI is InChI=1S/C16H15FN2O/c1-3-19-14-7-5-11(17)9-13(14)18-16(19)12-6-4-10(2)8-15(12)20/h4-9,20H,3H2,1-2H3. The number of hydrogen-bond donors (Lipinski definition) is 1. The van der Waals surface area contributed by atoms with E-state index < -0.39 is 0 Å². The fourth-order valence-corrected chi connectivity index (χ4v) is 2.46. The minimum atomic E-state index is -0.307. The third kappa shape index (κ3) is 1.93. The van der Waals surface area contributed by atoms with Gasteiger partial charge in [-0.3, -0.25) is 0 Å². The lowest BCUT2D eigenvalue weighted by Gasteiger charge is -2.08. The molecule has 2 aromatic carbocycles. The number of halogens is 1. The van der Waals surface area contributed by atoms with E-state index in [1.54, 1.807) is 12.1 Å². The molecule has 0 bridgehead atoms. The summed E-state index contributed by atoms with van der Waals surface area (Å²) in [5.74, 6) is 0.541. The highest BCUT2D eigenvalue weighted by Crippen LogP contribution is 2.32. The number of aromatic nitrogens is 2. The average molecular weight is 270 g/mol. The summed E-state index contributed by atoms with van der Waals surface area (Å²) < 4.78 is 15.3. The molecule has 0 radical (unpaired) electrons. The summed E-state index contributed by atoms with van der Waals surface area (Å²) >= 11 is 0. The quantitative estimate of drug-likeness (QED) is 0.767. The molecule has 0 aliphatic carbocycles. The van der Waals surface area contributed by atoms with Crippen LogP contribution in [0.2, 0.25) is 0 Å². The first-order valence-electron chi connectivity index (χ1n) is 6.56. The van der Waals surface area contributed by atoms with Gasteiger partial charge in [0.15, 0.2) is 0 Å². The summed E-state index contributed by atoms with van der Waals surface area (Å²) in [5, 5.41) is 10.1. The van der Waals surface area contributed by atoms with Crippen LogP contribution in [0.3, 0.4) is 0 Å². The lowest BCUT2D eigenvalue weighted by Crippen LogP contribution is -1.97. The molecule has 4 heteroatoms. The molecule has 102 valence electrons. The Morgan fingerprint density at radius 2 is 2.00 bits per heavy atom. The van der Waals surface area contributed by atoms with Gasteiger partial charge in [0, 0.05) is 12.6 Å². The van der Waals surface area contributed by atoms with E-state index in [1.807, 2.05) is 30.5 Å². The van der Waals surface area contributed by atoms with Crippen molar-refractivity contribution < 1.29 is 9.50 Å². The number of aryl methyl sites for hydroxylation is 2. The predicted octanol–water partition coefficient (Wildman–Crippen LogP) is 3.88. The topological polar surface area (TPSA) is 38.0 Å². The SMILES string of the molecule is CCn1c(-c2ccc(C)cc2O)nc2cc(F)ccc21. The molecule has 3 rings (SSSR count). The van der Waals surface area contributed by atoms with Crippen LogP contribution in [0.25, 0.3) is 22.4 Å². The molecule has 0 aliphatic heterocycles. The van der Waals surface area contributed by atoms with Crippen LogP contribution in [0.15, 0.2) is 36.4 Å². The summed E-state index contributed by atoms with van der Waals surface area (Å²) in [4.78, 5) is 4.47. The largest absolute Gasteiger partial charge is 0.507 e. The molecule has 0 amide bonds. The molecule has 0 aliphatic rings. The maximum atomic E-state index is 13.3. The van der Waals surface area contributed by atoms with Crippen molar-refractivity contribution in [2.75, 3.05) is 0 Å². The first-order valence-corrected chi connectivity index (χ1v) is 6.56. The molecule has 20 heavy (non-hydrogen) atoms. The van der Waals surface area contributed by atoms with Gasteiger partial charge in [-0.1, -0.05) is 6.07 Å². The zero-order valence-corrected chi connectivity index (χ0v) is 11.4. The highest BCUT2D eigenvalue weighted by atomic mass is 19.1. The van der Waals surface area contributed by atoms with Gasteiger partial charge in [-0.25, -0.2) is 9.37 Å². The van der Waals surface area contributed by atoms with Crippen LogP contribution < -0.4 is 0 Å². The van der Waals surface area contributed by atoms with Crippen molar-refractivity contribution in [1.29, 1.82) is 0 Å². The second-order valence-corrected chi connectivity index (χ2v) is 4.83. The van der Waals surface area contributed by atoms with Crippen molar-refractivity contribution in [3.8, 4) is 17.1 Å². The van der Waals surface area contributed by atoms with Gasteiger partial charge < -0.3 is 9.67 Å². The van der Waals surface area contributed by atoms with E-state index in [1.165, 1.54) is 12.1 Å². The van der Waals surface area contributed by atoms with Crippen LogP contribution in [0.4, 0.5) is 4.39 Å². The van der Waals surface area contributed by atoms with Crippen molar-refractivity contribution in [2.45, 2.75) is 20.4 Å². The van der Waals surface area contributed by atoms with Crippen LogP contribution in [-0.2, 0) is 6.54 Å². The molecule has 0 unspecified atom stereocenters. The van der Waals surface area contributed by atoms with Gasteiger partial charge in [0.05, 0.1) is 16.6 Å². The second kappa shape index (κ2) is 4.63. The predicted molar refractivity (Wildman–Crippen MR) is 77.2 cm³/mol. The number of fused-ring (bicyclic) bond motifs is 1. The number of hydrogen-bond acceptors (Lipinski definition) is 2. The van der Waals surface area contributed by atoms with E-state index in [-0.39, 0.29) is 11.6 Å². The minimum Gasteiger partial charge on any atom is -0.507 e. The Bertz CT molecular complexity index is 793. The van der Waals surface area contributed by atoms with Gasteiger partial charge in [-0.2, -0.15) is 0 Å². The molecule has 0 fully saturated rings. The fourth-order valence-electron chi connectivity index (χ4n) is 2.46. The molecule has 0 atom stereocenters. The lowest BCUT2D eigenvalue weighted by molar-refractivity contribution is 0.476. The number of phenolic OH excluding ortho intramolecular Hbond substituents is 1. The monoisotopic (exact) mass is 270 g/mol. The Labute approximate surface area is 116 Å². The summed E-state index contributed by atoms with van der Waals surface area (Å²) in [6.07, 6.45) is 0. The number of phenols is 1. The van der Waals surface area contributed by atoms with Crippen LogP contribution in [-0.4, -0.2) is 14.7 Å². The van der Waals surface area contributed by atoms with E-state index in [4.69, 9.17) is 0 Å². The number of imidazole rings is 1. The fraction of sp³-hybridized carbons (Fsp3) is 0.188. The van der Waals surface area contributed by atoms with E-state index in [0.29, 0.717) is 23.4 Å². The molecular formula is C16H15FN2O. The number of nitrogens with zero attached hydrogens (tertiary/aromatic N) is 2. The minimum absolute atomic E-state index is 0.190. The number of aromatic hydroxyl groups is 1. The van der Waals surface area contributed by atoms with Crippen LogP contribution in [0.5, 0.6) is 5.75 Å². The first kappa shape index (κ1) is 12.7. The summed E-state index contributed by atoms with van der Waals surface area (Å²) in [6.45, 7) is 4.62. The molecule has 1 aromatic heterocycles. The van der Waals surface area contributed by atoms with Gasteiger partial charge in [-0.05, 0) is 43.7 Å². The third-order valence-electron chi connectivity index (χ3n) is 3.42. The molecule has 1 heterocycles. The maximum absolute atomic E-state index is 13.3. The van der Waals surface area contributed by atoms with E-state index in [2.05, 4.69) is 4.98 Å². The average Bonchev–Trinajstić information content (AvgIpc) is 2.75. The van der Waals surface area contributed by atoms with Crippen LogP contribution in [0, 0.1) is 12.7 Å². The van der Waals surface area contributed by atoms with Crippen molar-refractivity contribution in [2.24, 2.45) is 0 Å². The second-order valence-electron chi connectivity index (χ2n) is 4.83. The van der Waals surface area contributed by atoms with Gasteiger partial charge in [0.1, 0.15) is 17.4 Å². The zero-order valence-electron chi connectivity index (χ0n) is 11.4. The van der Waals surface area contributed by atoms with E-state index >= 15 is 0 Å². The van der Waals surface area contributed by atoms with Gasteiger partial charge >= 0.3 is 0 Å². The Hall–Kier alpha value is -2.36. The molecule has 0 spiro atoms. The molecule has 1 N–H and O–H groups in total. The first-order chi connectivity index (χ1) is 9.60. The Kier molecular flexibility index (Phi) is 2.93. The number of rotatable bonds is 2. The number of benzene rings is 2. The van der Waals surface area contributed by atoms with Crippen LogP contribution in [0.1, 0.15) is 12.5 Å². The molecule has 3 aromatic rings. The molecule has 0 saturated heterocycles. The molecule has 3 nitrogen and oxygen atoms in total. The maximum Gasteiger partial charge on any atom is 0.144 e. The van der Waals surface area contributed by atoms with E-state index in [9.17, 15) is 9.50 Å². The van der Waals surface area contributed by atoms with Gasteiger partial charge in [0.2, 0.25) is 0 Å². The Morgan fingerprint density at radius 1 is 1.20 bits per heavy atom. The highest BCUT2D eigenvalue weighted by molar-refractivity contribution is 5.82. The van der Waals surface area contributed by atoms with E-state index in [0.717, 1.165) is 11.1 Å². The third-order valence-corrected chi connectivity index (χ3v) is 3.42. The molecular weight excluding hydrogens is 255 g/mol. The lowest BCUT2D eigenvalue weighted by atomic mass is 10.1. The van der Waals surface area contributed by atoms with Gasteiger partial charge in [-0.15, -0.1) is 0 Å². The van der Waals surface area contributed by atoms with Crippen molar-refractivity contribution in [1.82, 2.24) is 9.55 Å². The van der Waals surface area contributed by atoms with Crippen molar-refractivity contribution in [3.63, 3.8) is 0 Å². The summed E-state index contributed by atoms with van der Waals surface area (Å²) in [7, 11) is 0. The van der Waals surface area contributed by atoms with Crippen molar-refractivity contribution in [3.05, 3.63) is 47.8 Å². The van der Waals surface area contributed by atoms with Crippen molar-refractivity contribution >= 4 is 11.0 Å². The Balaban J connectivity index is 2.30. The Morgan fingerprint density at radius 3 is 2.70 bits per heavy atom. The zero-order chi connectivity index (χ0) is 14.3. The van der Waals surface area contributed by atoms with Crippen LogP contribution >= 0.6 is 0 Å². The highest BCUT2D eigenvalue weighted by Gasteiger charge is 2.15.